The number of aromatic nitrogens is 2. The lowest BCUT2D eigenvalue weighted by molar-refractivity contribution is 0.269. The average Bonchev–Trinajstić information content (AvgIpc) is 2.68. The topological polar surface area (TPSA) is 75.4 Å². The molecule has 0 aliphatic rings. The molecule has 0 atom stereocenters. The van der Waals surface area contributed by atoms with E-state index >= 15 is 0 Å². The number of rotatable bonds is 6. The molecule has 1 aromatic rings. The van der Waals surface area contributed by atoms with Crippen molar-refractivity contribution in [3.05, 3.63) is 25.0 Å². The summed E-state index contributed by atoms with van der Waals surface area (Å²) in [7, 11) is -2.03. The van der Waals surface area contributed by atoms with Crippen LogP contribution in [0.2, 0.25) is 0 Å². The molecule has 0 saturated carbocycles. The third kappa shape index (κ3) is 2.69. The monoisotopic (exact) mass is 245 g/mol. The molecule has 0 bridgehead atoms. The second-order valence-corrected chi connectivity index (χ2v) is 5.28. The molecule has 0 radical (unpaired) electrons. The molecule has 0 aliphatic heterocycles. The van der Waals surface area contributed by atoms with Gasteiger partial charge >= 0.3 is 0 Å². The molecule has 7 heteroatoms. The van der Waals surface area contributed by atoms with Crippen molar-refractivity contribution in [1.29, 1.82) is 0 Å². The highest BCUT2D eigenvalue weighted by atomic mass is 32.2. The van der Waals surface area contributed by atoms with Gasteiger partial charge in [-0.15, -0.1) is 6.58 Å². The Hall–Kier alpha value is -1.18. The Balaban J connectivity index is 2.93. The van der Waals surface area contributed by atoms with Crippen LogP contribution < -0.4 is 0 Å². The Bertz CT molecular complexity index is 452. The van der Waals surface area contributed by atoms with Crippen molar-refractivity contribution in [2.75, 3.05) is 20.2 Å². The van der Waals surface area contributed by atoms with Gasteiger partial charge in [-0.1, -0.05) is 6.08 Å². The normalized spacial score (nSPS) is 11.9. The Kier molecular flexibility index (Phi) is 4.22. The standard InChI is InChI=1S/C9H15N3O3S/c1-3-4-11(2)16(14,15)9-7-10-12(8-9)5-6-13/h3,7-8,13H,1,4-6H2,2H3. The third-order valence-corrected chi connectivity index (χ3v) is 3.81. The van der Waals surface area contributed by atoms with Crippen molar-refractivity contribution >= 4 is 10.0 Å². The Morgan fingerprint density at radius 1 is 1.69 bits per heavy atom. The summed E-state index contributed by atoms with van der Waals surface area (Å²) < 4.78 is 26.4. The predicted molar refractivity (Wildman–Crippen MR) is 59.3 cm³/mol. The molecule has 0 aliphatic carbocycles. The molecule has 0 fully saturated rings. The maximum Gasteiger partial charge on any atom is 0.246 e. The van der Waals surface area contributed by atoms with E-state index < -0.39 is 10.0 Å². The van der Waals surface area contributed by atoms with Crippen molar-refractivity contribution in [3.63, 3.8) is 0 Å². The number of hydrogen-bond donors (Lipinski definition) is 1. The summed E-state index contributed by atoms with van der Waals surface area (Å²) in [5, 5.41) is 12.5. The van der Waals surface area contributed by atoms with Crippen LogP contribution in [0.25, 0.3) is 0 Å². The van der Waals surface area contributed by atoms with E-state index in [0.717, 1.165) is 0 Å². The lowest BCUT2D eigenvalue weighted by Gasteiger charge is -2.12. The van der Waals surface area contributed by atoms with Gasteiger partial charge in [0.15, 0.2) is 0 Å². The smallest absolute Gasteiger partial charge is 0.246 e. The largest absolute Gasteiger partial charge is 0.394 e. The average molecular weight is 245 g/mol. The van der Waals surface area contributed by atoms with E-state index in [1.54, 1.807) is 0 Å². The van der Waals surface area contributed by atoms with Crippen molar-refractivity contribution in [2.45, 2.75) is 11.4 Å². The number of sulfonamides is 1. The molecule has 0 unspecified atom stereocenters. The van der Waals surface area contributed by atoms with E-state index in [-0.39, 0.29) is 24.6 Å². The maximum atomic E-state index is 11.9. The van der Waals surface area contributed by atoms with Gasteiger partial charge in [0.05, 0.1) is 19.3 Å². The Labute approximate surface area is 94.9 Å². The van der Waals surface area contributed by atoms with Gasteiger partial charge < -0.3 is 5.11 Å². The van der Waals surface area contributed by atoms with Crippen molar-refractivity contribution in [1.82, 2.24) is 14.1 Å². The summed E-state index contributed by atoms with van der Waals surface area (Å²) >= 11 is 0. The van der Waals surface area contributed by atoms with Gasteiger partial charge in [-0.3, -0.25) is 4.68 Å². The zero-order chi connectivity index (χ0) is 12.2. The number of nitrogens with zero attached hydrogens (tertiary/aromatic N) is 3. The molecular weight excluding hydrogens is 230 g/mol. The molecule has 6 nitrogen and oxygen atoms in total. The zero-order valence-corrected chi connectivity index (χ0v) is 9.89. The second kappa shape index (κ2) is 5.24. The molecule has 0 aromatic carbocycles. The van der Waals surface area contributed by atoms with Gasteiger partial charge in [0.1, 0.15) is 4.90 Å². The van der Waals surface area contributed by atoms with Crippen LogP contribution in [0, 0.1) is 0 Å². The van der Waals surface area contributed by atoms with E-state index in [1.165, 1.54) is 34.5 Å². The van der Waals surface area contributed by atoms with E-state index in [4.69, 9.17) is 5.11 Å². The van der Waals surface area contributed by atoms with Crippen molar-refractivity contribution in [3.8, 4) is 0 Å². The zero-order valence-electron chi connectivity index (χ0n) is 9.07. The SMILES string of the molecule is C=CCN(C)S(=O)(=O)c1cnn(CCO)c1. The fourth-order valence-electron chi connectivity index (χ4n) is 1.16. The summed E-state index contributed by atoms with van der Waals surface area (Å²) in [6, 6.07) is 0. The first-order valence-corrected chi connectivity index (χ1v) is 6.17. The summed E-state index contributed by atoms with van der Waals surface area (Å²) in [4.78, 5) is 0.116. The lowest BCUT2D eigenvalue weighted by Crippen LogP contribution is -2.26. The molecule has 0 amide bonds. The lowest BCUT2D eigenvalue weighted by atomic mass is 10.6. The van der Waals surface area contributed by atoms with E-state index in [1.807, 2.05) is 0 Å². The van der Waals surface area contributed by atoms with Crippen LogP contribution in [0.1, 0.15) is 0 Å². The fourth-order valence-corrected chi connectivity index (χ4v) is 2.26. The fraction of sp³-hybridized carbons (Fsp3) is 0.444. The minimum atomic E-state index is -3.50. The summed E-state index contributed by atoms with van der Waals surface area (Å²) in [6.45, 7) is 3.92. The number of hydrogen-bond acceptors (Lipinski definition) is 4. The Morgan fingerprint density at radius 3 is 2.94 bits per heavy atom. The van der Waals surface area contributed by atoms with E-state index in [0.29, 0.717) is 0 Å². The quantitative estimate of drug-likeness (QED) is 0.697. The molecule has 1 rings (SSSR count). The molecule has 1 N–H and O–H groups in total. The number of aliphatic hydroxyl groups excluding tert-OH is 1. The van der Waals surface area contributed by atoms with Gasteiger partial charge in [-0.25, -0.2) is 8.42 Å². The molecule has 90 valence electrons. The van der Waals surface area contributed by atoms with Crippen LogP contribution in [0.3, 0.4) is 0 Å². The summed E-state index contributed by atoms with van der Waals surface area (Å²) in [5.41, 5.74) is 0. The Morgan fingerprint density at radius 2 is 2.38 bits per heavy atom. The summed E-state index contributed by atoms with van der Waals surface area (Å²) in [5.74, 6) is 0. The second-order valence-electron chi connectivity index (χ2n) is 3.24. The van der Waals surface area contributed by atoms with Crippen molar-refractivity contribution < 1.29 is 13.5 Å². The molecule has 16 heavy (non-hydrogen) atoms. The van der Waals surface area contributed by atoms with Crippen LogP contribution in [-0.4, -0.2) is 47.8 Å². The van der Waals surface area contributed by atoms with Gasteiger partial charge in [-0.05, 0) is 0 Å². The highest BCUT2D eigenvalue weighted by Crippen LogP contribution is 2.12. The van der Waals surface area contributed by atoms with Crippen LogP contribution in [0.5, 0.6) is 0 Å². The first kappa shape index (κ1) is 12.9. The van der Waals surface area contributed by atoms with Crippen LogP contribution in [-0.2, 0) is 16.6 Å². The molecule has 0 spiro atoms. The molecule has 0 saturated heterocycles. The van der Waals surface area contributed by atoms with Gasteiger partial charge in [0, 0.05) is 19.8 Å². The number of likely N-dealkylation sites (N-methyl/N-ethyl adjacent to an activating group) is 1. The first-order valence-electron chi connectivity index (χ1n) is 4.73. The number of aliphatic hydroxyl groups is 1. The van der Waals surface area contributed by atoms with Crippen LogP contribution >= 0.6 is 0 Å². The molecular formula is C9H15N3O3S. The maximum absolute atomic E-state index is 11.9. The van der Waals surface area contributed by atoms with Crippen LogP contribution in [0.15, 0.2) is 29.9 Å². The molecule has 1 aromatic heterocycles. The third-order valence-electron chi connectivity index (χ3n) is 2.03. The summed E-state index contributed by atoms with van der Waals surface area (Å²) in [6.07, 6.45) is 4.17. The van der Waals surface area contributed by atoms with E-state index in [2.05, 4.69) is 11.7 Å². The highest BCUT2D eigenvalue weighted by molar-refractivity contribution is 7.89. The molecule has 1 heterocycles. The predicted octanol–water partition coefficient (Wildman–Crippen LogP) is -0.318. The van der Waals surface area contributed by atoms with Gasteiger partial charge in [0.25, 0.3) is 0 Å². The minimum Gasteiger partial charge on any atom is -0.394 e. The van der Waals surface area contributed by atoms with Gasteiger partial charge in [-0.2, -0.15) is 9.40 Å². The first-order chi connectivity index (χ1) is 7.52. The van der Waals surface area contributed by atoms with Gasteiger partial charge in [0.2, 0.25) is 10.0 Å². The van der Waals surface area contributed by atoms with E-state index in [9.17, 15) is 8.42 Å². The minimum absolute atomic E-state index is 0.0797. The highest BCUT2D eigenvalue weighted by Gasteiger charge is 2.21. The van der Waals surface area contributed by atoms with Crippen molar-refractivity contribution in [2.24, 2.45) is 0 Å². The van der Waals surface area contributed by atoms with Crippen LogP contribution in [0.4, 0.5) is 0 Å².